The highest BCUT2D eigenvalue weighted by molar-refractivity contribution is 5.91. The van der Waals surface area contributed by atoms with Gasteiger partial charge in [0.15, 0.2) is 0 Å². The lowest BCUT2D eigenvalue weighted by atomic mass is 10.2. The van der Waals surface area contributed by atoms with Crippen LogP contribution in [-0.4, -0.2) is 72.9 Å². The van der Waals surface area contributed by atoms with Gasteiger partial charge in [0.1, 0.15) is 12.4 Å². The number of nitrogens with zero attached hydrogens (tertiary/aromatic N) is 3. The highest BCUT2D eigenvalue weighted by Gasteiger charge is 2.20. The van der Waals surface area contributed by atoms with Gasteiger partial charge < -0.3 is 20.1 Å². The lowest BCUT2D eigenvalue weighted by molar-refractivity contribution is -0.118. The third kappa shape index (κ3) is 6.30. The number of pyridine rings is 1. The molecule has 1 aliphatic heterocycles. The fourth-order valence-electron chi connectivity index (χ4n) is 2.70. The Hall–Kier alpha value is -2.14. The Morgan fingerprint density at radius 3 is 2.69 bits per heavy atom. The number of carbonyl (C=O) groups is 1. The molecule has 0 aromatic carbocycles. The smallest absolute Gasteiger partial charge is 0.226 e. The van der Waals surface area contributed by atoms with Crippen LogP contribution in [0.2, 0.25) is 0 Å². The van der Waals surface area contributed by atoms with Crippen molar-refractivity contribution in [1.29, 1.82) is 0 Å². The number of amides is 1. The van der Waals surface area contributed by atoms with E-state index in [1.807, 2.05) is 26.0 Å². The summed E-state index contributed by atoms with van der Waals surface area (Å²) in [6, 6.07) is 3.80. The van der Waals surface area contributed by atoms with Gasteiger partial charge in [0.2, 0.25) is 5.91 Å². The normalized spacial score (nSPS) is 16.3. The van der Waals surface area contributed by atoms with E-state index < -0.39 is 6.10 Å². The summed E-state index contributed by atoms with van der Waals surface area (Å²) < 4.78 is 5.17. The van der Waals surface area contributed by atoms with Crippen LogP contribution in [0, 0.1) is 18.3 Å². The second-order valence-electron chi connectivity index (χ2n) is 6.71. The van der Waals surface area contributed by atoms with Crippen molar-refractivity contribution in [3.63, 3.8) is 0 Å². The number of piperazine rings is 1. The lowest BCUT2D eigenvalue weighted by Crippen LogP contribution is -2.49. The molecule has 1 aromatic rings. The van der Waals surface area contributed by atoms with Crippen molar-refractivity contribution in [3.8, 4) is 12.3 Å². The molecule has 7 heteroatoms. The zero-order valence-corrected chi connectivity index (χ0v) is 15.5. The number of aromatic nitrogens is 1. The molecule has 1 amide bonds. The Kier molecular flexibility index (Phi) is 7.85. The molecule has 142 valence electrons. The molecule has 1 fully saturated rings. The van der Waals surface area contributed by atoms with E-state index in [0.717, 1.165) is 32.0 Å². The van der Waals surface area contributed by atoms with Crippen LogP contribution in [0.3, 0.4) is 0 Å². The topological polar surface area (TPSA) is 77.9 Å². The number of terminal acetylenes is 1. The van der Waals surface area contributed by atoms with E-state index in [9.17, 15) is 9.90 Å². The monoisotopic (exact) mass is 360 g/mol. The number of hydrogen-bond donors (Lipinski definition) is 2. The molecular weight excluding hydrogens is 332 g/mol. The van der Waals surface area contributed by atoms with Crippen LogP contribution in [0.5, 0.6) is 0 Å². The average Bonchev–Trinajstić information content (AvgIpc) is 2.63. The summed E-state index contributed by atoms with van der Waals surface area (Å²) in [6.07, 6.45) is 6.27. The number of aliphatic hydroxyl groups is 1. The maximum Gasteiger partial charge on any atom is 0.226 e. The van der Waals surface area contributed by atoms with Gasteiger partial charge in [-0.05, 0) is 12.1 Å². The fourth-order valence-corrected chi connectivity index (χ4v) is 2.70. The molecule has 2 rings (SSSR count). The summed E-state index contributed by atoms with van der Waals surface area (Å²) in [6.45, 7) is 8.14. The number of hydrogen-bond acceptors (Lipinski definition) is 6. The SMILES string of the molecule is C#CCOCC(O)CN1CCN(c2ccc(NC(=O)C(C)C)cn2)CC1. The molecule has 2 heterocycles. The van der Waals surface area contributed by atoms with E-state index in [0.29, 0.717) is 12.2 Å². The Morgan fingerprint density at radius 1 is 1.38 bits per heavy atom. The predicted molar refractivity (Wildman–Crippen MR) is 102 cm³/mol. The largest absolute Gasteiger partial charge is 0.389 e. The van der Waals surface area contributed by atoms with Crippen LogP contribution < -0.4 is 10.2 Å². The molecule has 0 saturated carbocycles. The number of nitrogens with one attached hydrogen (secondary N) is 1. The minimum Gasteiger partial charge on any atom is -0.389 e. The van der Waals surface area contributed by atoms with Gasteiger partial charge in [-0.3, -0.25) is 9.69 Å². The number of aliphatic hydroxyl groups excluding tert-OH is 1. The Morgan fingerprint density at radius 2 is 2.12 bits per heavy atom. The minimum absolute atomic E-state index is 0.0158. The Labute approximate surface area is 155 Å². The molecule has 0 bridgehead atoms. The third-order valence-corrected chi connectivity index (χ3v) is 4.20. The first-order valence-electron chi connectivity index (χ1n) is 8.93. The fraction of sp³-hybridized carbons (Fsp3) is 0.579. The highest BCUT2D eigenvalue weighted by Crippen LogP contribution is 2.17. The van der Waals surface area contributed by atoms with Crippen LogP contribution in [0.1, 0.15) is 13.8 Å². The molecule has 7 nitrogen and oxygen atoms in total. The number of carbonyl (C=O) groups excluding carboxylic acids is 1. The summed E-state index contributed by atoms with van der Waals surface area (Å²) in [5.74, 6) is 3.20. The maximum absolute atomic E-state index is 11.7. The van der Waals surface area contributed by atoms with Crippen molar-refractivity contribution in [1.82, 2.24) is 9.88 Å². The van der Waals surface area contributed by atoms with Gasteiger partial charge in [0, 0.05) is 38.6 Å². The van der Waals surface area contributed by atoms with Crippen molar-refractivity contribution < 1.29 is 14.6 Å². The standard InChI is InChI=1S/C19H28N4O3/c1-4-11-26-14-17(24)13-22-7-9-23(10-8-22)18-6-5-16(12-20-18)21-19(25)15(2)3/h1,5-6,12,15,17,24H,7-11,13-14H2,2-3H3,(H,21,25). The first-order valence-corrected chi connectivity index (χ1v) is 8.93. The molecular formula is C19H28N4O3. The molecule has 2 N–H and O–H groups in total. The van der Waals surface area contributed by atoms with E-state index in [2.05, 4.69) is 26.0 Å². The van der Waals surface area contributed by atoms with Crippen LogP contribution in [0.4, 0.5) is 11.5 Å². The van der Waals surface area contributed by atoms with Crippen LogP contribution in [0.15, 0.2) is 18.3 Å². The van der Waals surface area contributed by atoms with Gasteiger partial charge >= 0.3 is 0 Å². The first kappa shape index (κ1) is 20.2. The highest BCUT2D eigenvalue weighted by atomic mass is 16.5. The molecule has 1 atom stereocenters. The van der Waals surface area contributed by atoms with E-state index in [4.69, 9.17) is 11.2 Å². The summed E-state index contributed by atoms with van der Waals surface area (Å²) in [5.41, 5.74) is 0.709. The van der Waals surface area contributed by atoms with E-state index >= 15 is 0 Å². The quantitative estimate of drug-likeness (QED) is 0.528. The van der Waals surface area contributed by atoms with Gasteiger partial charge in [-0.1, -0.05) is 19.8 Å². The van der Waals surface area contributed by atoms with E-state index in [-0.39, 0.29) is 25.0 Å². The number of anilines is 2. The third-order valence-electron chi connectivity index (χ3n) is 4.20. The Balaban J connectivity index is 1.77. The van der Waals surface area contributed by atoms with Crippen molar-refractivity contribution in [2.75, 3.05) is 56.2 Å². The zero-order valence-electron chi connectivity index (χ0n) is 15.5. The summed E-state index contributed by atoms with van der Waals surface area (Å²) in [4.78, 5) is 20.6. The number of β-amino-alcohol motifs (C(OH)–C–C–N with tert-alkyl or cyclic N) is 1. The van der Waals surface area contributed by atoms with Crippen molar-refractivity contribution >= 4 is 17.4 Å². The molecule has 1 aliphatic rings. The van der Waals surface area contributed by atoms with Crippen molar-refractivity contribution in [2.24, 2.45) is 5.92 Å². The van der Waals surface area contributed by atoms with Crippen LogP contribution >= 0.6 is 0 Å². The van der Waals surface area contributed by atoms with Gasteiger partial charge in [0.05, 0.1) is 24.6 Å². The molecule has 0 aliphatic carbocycles. The second kappa shape index (κ2) is 10.1. The van der Waals surface area contributed by atoms with Crippen LogP contribution in [-0.2, 0) is 9.53 Å². The first-order chi connectivity index (χ1) is 12.5. The Bertz CT molecular complexity index is 604. The second-order valence-corrected chi connectivity index (χ2v) is 6.71. The number of rotatable bonds is 8. The van der Waals surface area contributed by atoms with Crippen molar-refractivity contribution in [2.45, 2.75) is 20.0 Å². The van der Waals surface area contributed by atoms with Gasteiger partial charge in [0.25, 0.3) is 0 Å². The average molecular weight is 360 g/mol. The van der Waals surface area contributed by atoms with Gasteiger partial charge in [-0.15, -0.1) is 6.42 Å². The van der Waals surface area contributed by atoms with Crippen LogP contribution in [0.25, 0.3) is 0 Å². The molecule has 1 aromatic heterocycles. The zero-order chi connectivity index (χ0) is 18.9. The predicted octanol–water partition coefficient (Wildman–Crippen LogP) is 0.809. The number of ether oxygens (including phenoxy) is 1. The molecule has 0 radical (unpaired) electrons. The molecule has 1 saturated heterocycles. The van der Waals surface area contributed by atoms with Gasteiger partial charge in [-0.25, -0.2) is 4.98 Å². The van der Waals surface area contributed by atoms with Crippen molar-refractivity contribution in [3.05, 3.63) is 18.3 Å². The van der Waals surface area contributed by atoms with E-state index in [1.54, 1.807) is 6.20 Å². The maximum atomic E-state index is 11.7. The molecule has 1 unspecified atom stereocenters. The summed E-state index contributed by atoms with van der Waals surface area (Å²) >= 11 is 0. The minimum atomic E-state index is -0.531. The molecule has 0 spiro atoms. The van der Waals surface area contributed by atoms with Gasteiger partial charge in [-0.2, -0.15) is 0 Å². The lowest BCUT2D eigenvalue weighted by Gasteiger charge is -2.36. The molecule has 26 heavy (non-hydrogen) atoms. The summed E-state index contributed by atoms with van der Waals surface area (Å²) in [7, 11) is 0. The summed E-state index contributed by atoms with van der Waals surface area (Å²) in [5, 5.41) is 12.8. The van der Waals surface area contributed by atoms with E-state index in [1.165, 1.54) is 0 Å².